The van der Waals surface area contributed by atoms with Crippen LogP contribution in [0, 0.1) is 0 Å². The summed E-state index contributed by atoms with van der Waals surface area (Å²) in [5, 5.41) is 0. The SMILES string of the molecule is O=C1Cc2ccncc2C12CC2. The number of hydrogen-bond acceptors (Lipinski definition) is 2. The minimum atomic E-state index is -0.0659. The fraction of sp³-hybridized carbons (Fsp3) is 0.400. The summed E-state index contributed by atoms with van der Waals surface area (Å²) >= 11 is 0. The molecule has 2 heteroatoms. The maximum absolute atomic E-state index is 11.6. The van der Waals surface area contributed by atoms with E-state index in [1.807, 2.05) is 12.3 Å². The van der Waals surface area contributed by atoms with Crippen molar-refractivity contribution in [2.45, 2.75) is 24.7 Å². The maximum Gasteiger partial charge on any atom is 0.147 e. The predicted molar refractivity (Wildman–Crippen MR) is 43.9 cm³/mol. The topological polar surface area (TPSA) is 30.0 Å². The highest BCUT2D eigenvalue weighted by atomic mass is 16.1. The smallest absolute Gasteiger partial charge is 0.147 e. The lowest BCUT2D eigenvalue weighted by Gasteiger charge is -2.03. The zero-order valence-electron chi connectivity index (χ0n) is 6.71. The lowest BCUT2D eigenvalue weighted by Crippen LogP contribution is -2.13. The molecule has 1 aromatic rings. The molecule has 0 unspecified atom stereocenters. The van der Waals surface area contributed by atoms with Gasteiger partial charge in [-0.05, 0) is 30.0 Å². The van der Waals surface area contributed by atoms with Crippen molar-refractivity contribution in [2.24, 2.45) is 0 Å². The molecule has 1 fully saturated rings. The molecule has 1 spiro atoms. The van der Waals surface area contributed by atoms with E-state index in [0.29, 0.717) is 12.2 Å². The summed E-state index contributed by atoms with van der Waals surface area (Å²) in [6, 6.07) is 1.97. The number of aromatic nitrogens is 1. The van der Waals surface area contributed by atoms with E-state index in [2.05, 4.69) is 4.98 Å². The number of nitrogens with zero attached hydrogens (tertiary/aromatic N) is 1. The molecule has 0 amide bonds. The van der Waals surface area contributed by atoms with Gasteiger partial charge in [0.1, 0.15) is 5.78 Å². The van der Waals surface area contributed by atoms with Crippen LogP contribution in [0.1, 0.15) is 24.0 Å². The second-order valence-electron chi connectivity index (χ2n) is 3.71. The number of fused-ring (bicyclic) bond motifs is 2. The summed E-state index contributed by atoms with van der Waals surface area (Å²) in [5.74, 6) is 0.408. The highest BCUT2D eigenvalue weighted by Gasteiger charge is 2.55. The standard InChI is InChI=1S/C10H9NO/c12-9-5-7-1-4-11-6-8(7)10(9)2-3-10/h1,4,6H,2-3,5H2. The van der Waals surface area contributed by atoms with Gasteiger partial charge in [-0.3, -0.25) is 9.78 Å². The van der Waals surface area contributed by atoms with Crippen LogP contribution in [0.25, 0.3) is 0 Å². The lowest BCUT2D eigenvalue weighted by molar-refractivity contribution is -0.119. The first-order valence-electron chi connectivity index (χ1n) is 4.30. The van der Waals surface area contributed by atoms with Gasteiger partial charge in [0.05, 0.1) is 5.41 Å². The largest absolute Gasteiger partial charge is 0.298 e. The molecule has 2 aliphatic carbocycles. The molecule has 0 radical (unpaired) electrons. The molecule has 60 valence electrons. The molecule has 1 heterocycles. The molecule has 0 aliphatic heterocycles. The summed E-state index contributed by atoms with van der Waals surface area (Å²) in [6.07, 6.45) is 6.37. The van der Waals surface area contributed by atoms with E-state index in [-0.39, 0.29) is 5.41 Å². The Hall–Kier alpha value is -1.18. The maximum atomic E-state index is 11.6. The number of carbonyl (C=O) groups is 1. The molecule has 3 rings (SSSR count). The minimum Gasteiger partial charge on any atom is -0.298 e. The Labute approximate surface area is 70.6 Å². The van der Waals surface area contributed by atoms with E-state index in [4.69, 9.17) is 0 Å². The normalized spacial score (nSPS) is 22.8. The average Bonchev–Trinajstić information content (AvgIpc) is 2.80. The summed E-state index contributed by atoms with van der Waals surface area (Å²) in [6.45, 7) is 0. The Morgan fingerprint density at radius 1 is 1.42 bits per heavy atom. The van der Waals surface area contributed by atoms with Crippen LogP contribution in [0.15, 0.2) is 18.5 Å². The van der Waals surface area contributed by atoms with Gasteiger partial charge in [-0.2, -0.15) is 0 Å². The first-order chi connectivity index (χ1) is 5.83. The molecule has 0 atom stereocenters. The van der Waals surface area contributed by atoms with Crippen LogP contribution in [0.5, 0.6) is 0 Å². The van der Waals surface area contributed by atoms with Crippen LogP contribution in [0.2, 0.25) is 0 Å². The van der Waals surface area contributed by atoms with Crippen molar-refractivity contribution in [2.75, 3.05) is 0 Å². The van der Waals surface area contributed by atoms with Crippen LogP contribution in [-0.4, -0.2) is 10.8 Å². The third-order valence-corrected chi connectivity index (χ3v) is 3.06. The van der Waals surface area contributed by atoms with Gasteiger partial charge in [0.15, 0.2) is 0 Å². The molecule has 12 heavy (non-hydrogen) atoms. The number of pyridine rings is 1. The zero-order valence-corrected chi connectivity index (χ0v) is 6.71. The Kier molecular flexibility index (Phi) is 0.932. The summed E-state index contributed by atoms with van der Waals surface area (Å²) < 4.78 is 0. The molecule has 0 saturated heterocycles. The number of carbonyl (C=O) groups excluding carboxylic acids is 1. The Bertz CT molecular complexity index is 366. The molecule has 1 aromatic heterocycles. The van der Waals surface area contributed by atoms with E-state index in [9.17, 15) is 4.79 Å². The van der Waals surface area contributed by atoms with E-state index in [1.54, 1.807) is 6.20 Å². The van der Waals surface area contributed by atoms with Crippen molar-refractivity contribution < 1.29 is 4.79 Å². The number of ketones is 1. The lowest BCUT2D eigenvalue weighted by atomic mass is 10.00. The summed E-state index contributed by atoms with van der Waals surface area (Å²) in [4.78, 5) is 15.7. The highest BCUT2D eigenvalue weighted by Crippen LogP contribution is 2.54. The van der Waals surface area contributed by atoms with E-state index in [0.717, 1.165) is 12.8 Å². The molecule has 0 aromatic carbocycles. The van der Waals surface area contributed by atoms with Gasteiger partial charge in [-0.15, -0.1) is 0 Å². The van der Waals surface area contributed by atoms with Gasteiger partial charge in [0.25, 0.3) is 0 Å². The third-order valence-electron chi connectivity index (χ3n) is 3.06. The van der Waals surface area contributed by atoms with Gasteiger partial charge in [-0.1, -0.05) is 0 Å². The van der Waals surface area contributed by atoms with E-state index >= 15 is 0 Å². The third kappa shape index (κ3) is 0.568. The van der Waals surface area contributed by atoms with Gasteiger partial charge in [0.2, 0.25) is 0 Å². The Morgan fingerprint density at radius 3 is 3.00 bits per heavy atom. The van der Waals surface area contributed by atoms with Gasteiger partial charge in [0, 0.05) is 18.8 Å². The van der Waals surface area contributed by atoms with Crippen molar-refractivity contribution in [3.05, 3.63) is 29.6 Å². The van der Waals surface area contributed by atoms with Crippen molar-refractivity contribution in [3.63, 3.8) is 0 Å². The molecule has 0 bridgehead atoms. The summed E-state index contributed by atoms with van der Waals surface area (Å²) in [5.41, 5.74) is 2.34. The predicted octanol–water partition coefficient (Wildman–Crippen LogP) is 1.24. The first kappa shape index (κ1) is 6.35. The van der Waals surface area contributed by atoms with Crippen molar-refractivity contribution in [1.82, 2.24) is 4.98 Å². The summed E-state index contributed by atoms with van der Waals surface area (Å²) in [7, 11) is 0. The number of hydrogen-bond donors (Lipinski definition) is 0. The first-order valence-corrected chi connectivity index (χ1v) is 4.30. The monoisotopic (exact) mass is 159 g/mol. The van der Waals surface area contributed by atoms with Gasteiger partial charge >= 0.3 is 0 Å². The fourth-order valence-electron chi connectivity index (χ4n) is 2.17. The van der Waals surface area contributed by atoms with Crippen molar-refractivity contribution in [1.29, 1.82) is 0 Å². The van der Waals surface area contributed by atoms with Crippen LogP contribution in [0.3, 0.4) is 0 Å². The molecular formula is C10H9NO. The molecule has 2 nitrogen and oxygen atoms in total. The second-order valence-corrected chi connectivity index (χ2v) is 3.71. The van der Waals surface area contributed by atoms with Crippen LogP contribution in [0.4, 0.5) is 0 Å². The second kappa shape index (κ2) is 1.76. The van der Waals surface area contributed by atoms with Crippen LogP contribution in [-0.2, 0) is 16.6 Å². The fourth-order valence-corrected chi connectivity index (χ4v) is 2.17. The highest BCUT2D eigenvalue weighted by molar-refractivity contribution is 5.99. The van der Waals surface area contributed by atoms with Crippen LogP contribution < -0.4 is 0 Å². The average molecular weight is 159 g/mol. The molecule has 0 N–H and O–H groups in total. The molecule has 1 saturated carbocycles. The Balaban J connectivity index is 2.26. The van der Waals surface area contributed by atoms with E-state index < -0.39 is 0 Å². The molecule has 2 aliphatic rings. The number of Topliss-reactive ketones (excluding diaryl/α,β-unsaturated/α-hetero) is 1. The Morgan fingerprint density at radius 2 is 2.25 bits per heavy atom. The van der Waals surface area contributed by atoms with E-state index in [1.165, 1.54) is 11.1 Å². The van der Waals surface area contributed by atoms with Gasteiger partial charge in [-0.25, -0.2) is 0 Å². The minimum absolute atomic E-state index is 0.0659. The zero-order chi connectivity index (χ0) is 8.18. The van der Waals surface area contributed by atoms with Crippen molar-refractivity contribution in [3.8, 4) is 0 Å². The number of rotatable bonds is 0. The molecular weight excluding hydrogens is 150 g/mol. The van der Waals surface area contributed by atoms with Crippen LogP contribution >= 0.6 is 0 Å². The van der Waals surface area contributed by atoms with Crippen molar-refractivity contribution >= 4 is 5.78 Å². The van der Waals surface area contributed by atoms with Gasteiger partial charge < -0.3 is 0 Å². The quantitative estimate of drug-likeness (QED) is 0.570.